The average Bonchev–Trinajstić information content (AvgIpc) is 3.04. The second-order valence-corrected chi connectivity index (χ2v) is 8.13. The number of nitrogen functional groups attached to an aromatic ring is 1. The highest BCUT2D eigenvalue weighted by atomic mass is 15.4. The molecule has 1 aromatic rings. The van der Waals surface area contributed by atoms with E-state index in [1.807, 2.05) is 18.3 Å². The molecule has 0 spiro atoms. The highest BCUT2D eigenvalue weighted by molar-refractivity contribution is 5.49. The van der Waals surface area contributed by atoms with Gasteiger partial charge in [0.1, 0.15) is 5.82 Å². The predicted octanol–water partition coefficient (Wildman–Crippen LogP) is 3.48. The summed E-state index contributed by atoms with van der Waals surface area (Å²) in [5, 5.41) is 0. The van der Waals surface area contributed by atoms with Crippen LogP contribution in [-0.4, -0.2) is 22.6 Å². The molecule has 4 nitrogen and oxygen atoms in total. The van der Waals surface area contributed by atoms with Crippen LogP contribution >= 0.6 is 0 Å². The van der Waals surface area contributed by atoms with E-state index in [0.29, 0.717) is 17.3 Å². The summed E-state index contributed by atoms with van der Waals surface area (Å²) in [7, 11) is 0. The van der Waals surface area contributed by atoms with Gasteiger partial charge < -0.3 is 15.5 Å². The molecule has 4 unspecified atom stereocenters. The molecule has 0 saturated heterocycles. The lowest BCUT2D eigenvalue weighted by Gasteiger charge is -2.62. The quantitative estimate of drug-likeness (QED) is 0.928. The number of hydrogen-bond acceptors (Lipinski definition) is 4. The van der Waals surface area contributed by atoms with E-state index in [1.54, 1.807) is 0 Å². The van der Waals surface area contributed by atoms with Crippen LogP contribution in [0.1, 0.15) is 40.0 Å². The Labute approximate surface area is 139 Å². The Balaban J connectivity index is 1.44. The van der Waals surface area contributed by atoms with Crippen LogP contribution in [0.3, 0.4) is 0 Å². The monoisotopic (exact) mass is 311 g/mol. The molecule has 4 aliphatic rings. The molecule has 0 aromatic carbocycles. The molecule has 3 aliphatic carbocycles. The van der Waals surface area contributed by atoms with E-state index in [-0.39, 0.29) is 0 Å². The normalized spacial score (nSPS) is 32.7. The molecule has 2 N–H and O–H groups in total. The molecule has 2 bridgehead atoms. The van der Waals surface area contributed by atoms with Gasteiger partial charge in [-0.25, -0.2) is 4.98 Å². The first kappa shape index (κ1) is 14.9. The predicted molar refractivity (Wildman–Crippen MR) is 93.2 cm³/mol. The van der Waals surface area contributed by atoms with Crippen LogP contribution in [0.25, 0.3) is 0 Å². The van der Waals surface area contributed by atoms with E-state index in [1.165, 1.54) is 19.3 Å². The van der Waals surface area contributed by atoms with Crippen LogP contribution in [0.5, 0.6) is 0 Å². The molecule has 123 valence electrons. The van der Waals surface area contributed by atoms with Gasteiger partial charge in [-0.1, -0.05) is 13.8 Å². The molecule has 2 heterocycles. The molecule has 3 fully saturated rings. The summed E-state index contributed by atoms with van der Waals surface area (Å²) in [6, 6.07) is 4.43. The van der Waals surface area contributed by atoms with Gasteiger partial charge in [-0.2, -0.15) is 0 Å². The summed E-state index contributed by atoms with van der Waals surface area (Å²) in [6.07, 6.45) is 11.5. The summed E-state index contributed by atoms with van der Waals surface area (Å²) >= 11 is 0. The molecule has 4 atom stereocenters. The van der Waals surface area contributed by atoms with Gasteiger partial charge in [-0.05, 0) is 61.5 Å². The van der Waals surface area contributed by atoms with E-state index in [9.17, 15) is 0 Å². The molecule has 1 aromatic heterocycles. The van der Waals surface area contributed by atoms with Gasteiger partial charge in [0.2, 0.25) is 0 Å². The van der Waals surface area contributed by atoms with Gasteiger partial charge in [-0.15, -0.1) is 0 Å². The van der Waals surface area contributed by atoms with E-state index >= 15 is 0 Å². The minimum Gasteiger partial charge on any atom is -0.384 e. The maximum absolute atomic E-state index is 5.68. The summed E-state index contributed by atoms with van der Waals surface area (Å²) in [5.74, 6) is 3.22. The lowest BCUT2D eigenvalue weighted by Crippen LogP contribution is -2.56. The third-order valence-corrected chi connectivity index (χ3v) is 6.82. The Morgan fingerprint density at radius 1 is 1.35 bits per heavy atom. The zero-order valence-corrected chi connectivity index (χ0v) is 14.4. The third-order valence-electron chi connectivity index (χ3n) is 6.82. The first-order chi connectivity index (χ1) is 11.0. The van der Waals surface area contributed by atoms with E-state index in [4.69, 9.17) is 5.73 Å². The molecular formula is C19H27N4. The number of nitrogens with two attached hydrogens (primary N) is 1. The number of rotatable bonds is 3. The number of hydrogen-bond donors (Lipinski definition) is 1. The van der Waals surface area contributed by atoms with E-state index < -0.39 is 0 Å². The summed E-state index contributed by atoms with van der Waals surface area (Å²) in [5.41, 5.74) is 7.28. The van der Waals surface area contributed by atoms with E-state index in [0.717, 1.165) is 30.1 Å². The standard InChI is InChI=1S/C19H27N4/c1-13(16-6-4-14-10-17(16)19(14,2)3)22-8-9-23(12-22)15-5-7-18(20)21-11-15/h5,7-8,11,13-14,16-17H,4,6,10,12H2,1-3H3,(H2,20,21). The van der Waals surface area contributed by atoms with E-state index in [2.05, 4.69) is 48.0 Å². The number of anilines is 2. The zero-order valence-electron chi connectivity index (χ0n) is 14.4. The fourth-order valence-corrected chi connectivity index (χ4v) is 5.04. The van der Waals surface area contributed by atoms with Crippen molar-refractivity contribution in [2.45, 2.75) is 46.1 Å². The van der Waals surface area contributed by atoms with Crippen molar-refractivity contribution in [2.75, 3.05) is 17.3 Å². The summed E-state index contributed by atoms with van der Waals surface area (Å²) < 4.78 is 0. The minimum absolute atomic E-state index is 0.547. The SMILES string of the molecule is CC(C1CCC2CC1C2(C)C)N1C=[C]N(c2ccc(N)nc2)C1. The fraction of sp³-hybridized carbons (Fsp3) is 0.632. The lowest BCUT2D eigenvalue weighted by molar-refractivity contribution is -0.120. The molecule has 1 aliphatic heterocycles. The molecule has 0 amide bonds. The number of pyridine rings is 1. The van der Waals surface area contributed by atoms with Crippen molar-refractivity contribution in [3.8, 4) is 0 Å². The molecule has 3 saturated carbocycles. The van der Waals surface area contributed by atoms with Crippen LogP contribution in [0.4, 0.5) is 11.5 Å². The second kappa shape index (κ2) is 5.15. The van der Waals surface area contributed by atoms with Crippen molar-refractivity contribution < 1.29 is 0 Å². The van der Waals surface area contributed by atoms with Crippen molar-refractivity contribution >= 4 is 11.5 Å². The van der Waals surface area contributed by atoms with Crippen LogP contribution in [0.15, 0.2) is 24.5 Å². The maximum Gasteiger partial charge on any atom is 0.123 e. The third kappa shape index (κ3) is 2.30. The number of aromatic nitrogens is 1. The van der Waals surface area contributed by atoms with Crippen molar-refractivity contribution in [1.82, 2.24) is 9.88 Å². The highest BCUT2D eigenvalue weighted by Gasteiger charge is 2.55. The van der Waals surface area contributed by atoms with Gasteiger partial charge in [-0.3, -0.25) is 0 Å². The highest BCUT2D eigenvalue weighted by Crippen LogP contribution is 2.62. The first-order valence-electron chi connectivity index (χ1n) is 8.81. The molecule has 1 radical (unpaired) electrons. The average molecular weight is 311 g/mol. The Morgan fingerprint density at radius 3 is 2.83 bits per heavy atom. The molecule has 4 heteroatoms. The van der Waals surface area contributed by atoms with Crippen LogP contribution in [0.2, 0.25) is 0 Å². The van der Waals surface area contributed by atoms with Gasteiger partial charge in [0.15, 0.2) is 0 Å². The second-order valence-electron chi connectivity index (χ2n) is 8.13. The smallest absolute Gasteiger partial charge is 0.123 e. The van der Waals surface area contributed by atoms with Crippen LogP contribution < -0.4 is 10.6 Å². The lowest BCUT2D eigenvalue weighted by atomic mass is 9.44. The van der Waals surface area contributed by atoms with Gasteiger partial charge in [0.05, 0.1) is 24.8 Å². The van der Waals surface area contributed by atoms with Crippen molar-refractivity contribution in [3.05, 3.63) is 30.7 Å². The molecule has 23 heavy (non-hydrogen) atoms. The topological polar surface area (TPSA) is 45.4 Å². The summed E-state index contributed by atoms with van der Waals surface area (Å²) in [6.45, 7) is 8.20. The maximum atomic E-state index is 5.68. The Hall–Kier alpha value is -1.71. The molecular weight excluding hydrogens is 284 g/mol. The Bertz CT molecular complexity index is 604. The Morgan fingerprint density at radius 2 is 2.17 bits per heavy atom. The first-order valence-corrected chi connectivity index (χ1v) is 8.81. The molecule has 5 rings (SSSR count). The summed E-state index contributed by atoms with van der Waals surface area (Å²) in [4.78, 5) is 8.75. The van der Waals surface area contributed by atoms with Crippen molar-refractivity contribution in [1.29, 1.82) is 0 Å². The van der Waals surface area contributed by atoms with Gasteiger partial charge >= 0.3 is 0 Å². The van der Waals surface area contributed by atoms with Crippen LogP contribution in [-0.2, 0) is 0 Å². The van der Waals surface area contributed by atoms with Crippen LogP contribution in [0, 0.1) is 29.4 Å². The van der Waals surface area contributed by atoms with Gasteiger partial charge in [0, 0.05) is 12.2 Å². The van der Waals surface area contributed by atoms with Gasteiger partial charge in [0.25, 0.3) is 0 Å². The minimum atomic E-state index is 0.547. The largest absolute Gasteiger partial charge is 0.384 e. The Kier molecular flexibility index (Phi) is 3.33. The van der Waals surface area contributed by atoms with Crippen molar-refractivity contribution in [2.24, 2.45) is 23.2 Å². The fourth-order valence-electron chi connectivity index (χ4n) is 5.04. The number of fused-ring (bicyclic) bond motifs is 2. The zero-order chi connectivity index (χ0) is 16.2. The van der Waals surface area contributed by atoms with Crippen molar-refractivity contribution in [3.63, 3.8) is 0 Å². The number of nitrogens with zero attached hydrogens (tertiary/aromatic N) is 3.